The SMILES string of the molecule is N#C/C(=N\Nc1cccc(-c2nc(-c3ccccn3)cs2)c1)C(=N)N. The van der Waals surface area contributed by atoms with Crippen LogP contribution in [0.2, 0.25) is 0 Å². The number of benzene rings is 1. The summed E-state index contributed by atoms with van der Waals surface area (Å²) in [5.74, 6) is -0.383. The normalized spacial score (nSPS) is 10.9. The maximum atomic E-state index is 8.86. The van der Waals surface area contributed by atoms with Gasteiger partial charge in [0.25, 0.3) is 0 Å². The van der Waals surface area contributed by atoms with Gasteiger partial charge in [0, 0.05) is 17.1 Å². The lowest BCUT2D eigenvalue weighted by Crippen LogP contribution is -2.21. The third-order valence-electron chi connectivity index (χ3n) is 3.20. The summed E-state index contributed by atoms with van der Waals surface area (Å²) in [6.45, 7) is 0. The van der Waals surface area contributed by atoms with Gasteiger partial charge in [-0.15, -0.1) is 11.3 Å². The minimum Gasteiger partial charge on any atom is -0.382 e. The van der Waals surface area contributed by atoms with E-state index in [1.54, 1.807) is 18.3 Å². The van der Waals surface area contributed by atoms with Gasteiger partial charge in [-0.1, -0.05) is 18.2 Å². The number of hydrazone groups is 1. The Morgan fingerprint density at radius 2 is 2.12 bits per heavy atom. The lowest BCUT2D eigenvalue weighted by Gasteiger charge is -2.03. The van der Waals surface area contributed by atoms with Gasteiger partial charge < -0.3 is 5.73 Å². The molecule has 0 atom stereocenters. The molecule has 0 aliphatic carbocycles. The Bertz CT molecular complexity index is 970. The van der Waals surface area contributed by atoms with E-state index in [1.165, 1.54) is 11.3 Å². The first-order valence-electron chi connectivity index (χ1n) is 7.23. The van der Waals surface area contributed by atoms with Crippen molar-refractivity contribution >= 4 is 28.6 Å². The third-order valence-corrected chi connectivity index (χ3v) is 4.09. The predicted octanol–water partition coefficient (Wildman–Crippen LogP) is 3.10. The Balaban J connectivity index is 1.84. The van der Waals surface area contributed by atoms with Gasteiger partial charge in [0.1, 0.15) is 16.8 Å². The van der Waals surface area contributed by atoms with Crippen LogP contribution in [-0.2, 0) is 0 Å². The first-order chi connectivity index (χ1) is 12.2. The number of anilines is 1. The van der Waals surface area contributed by atoms with Crippen LogP contribution in [0.4, 0.5) is 5.69 Å². The number of pyridine rings is 1. The Morgan fingerprint density at radius 3 is 2.84 bits per heavy atom. The monoisotopic (exact) mass is 347 g/mol. The van der Waals surface area contributed by atoms with E-state index in [2.05, 4.69) is 20.5 Å². The molecular weight excluding hydrogens is 334 g/mol. The first-order valence-corrected chi connectivity index (χ1v) is 8.11. The van der Waals surface area contributed by atoms with E-state index in [0.29, 0.717) is 5.69 Å². The van der Waals surface area contributed by atoms with Crippen LogP contribution in [0.3, 0.4) is 0 Å². The number of nitrogens with zero attached hydrogens (tertiary/aromatic N) is 4. The van der Waals surface area contributed by atoms with Gasteiger partial charge >= 0.3 is 0 Å². The topological polar surface area (TPSA) is 124 Å². The van der Waals surface area contributed by atoms with Gasteiger partial charge in [0.2, 0.25) is 5.71 Å². The fraction of sp³-hybridized carbons (Fsp3) is 0. The second-order valence-corrected chi connectivity index (χ2v) is 5.79. The second-order valence-electron chi connectivity index (χ2n) is 4.93. The number of hydrogen-bond donors (Lipinski definition) is 3. The van der Waals surface area contributed by atoms with Crippen molar-refractivity contribution in [1.82, 2.24) is 9.97 Å². The number of aromatic nitrogens is 2. The molecule has 4 N–H and O–H groups in total. The minimum atomic E-state index is -0.383. The second kappa shape index (κ2) is 7.33. The molecule has 0 amide bonds. The van der Waals surface area contributed by atoms with Crippen molar-refractivity contribution in [2.75, 3.05) is 5.43 Å². The molecule has 122 valence electrons. The van der Waals surface area contributed by atoms with Crippen LogP contribution in [0.25, 0.3) is 22.0 Å². The lowest BCUT2D eigenvalue weighted by atomic mass is 10.2. The van der Waals surface area contributed by atoms with Gasteiger partial charge in [-0.3, -0.25) is 15.8 Å². The van der Waals surface area contributed by atoms with Crippen LogP contribution < -0.4 is 11.2 Å². The molecule has 0 unspecified atom stereocenters. The van der Waals surface area contributed by atoms with Gasteiger partial charge in [-0.2, -0.15) is 10.4 Å². The lowest BCUT2D eigenvalue weighted by molar-refractivity contribution is 1.28. The molecule has 1 aromatic carbocycles. The quantitative estimate of drug-likeness (QED) is 0.372. The van der Waals surface area contributed by atoms with Crippen LogP contribution in [-0.4, -0.2) is 21.5 Å². The molecule has 0 aliphatic heterocycles. The Hall–Kier alpha value is -3.57. The van der Waals surface area contributed by atoms with Gasteiger partial charge in [-0.05, 0) is 24.3 Å². The van der Waals surface area contributed by atoms with Crippen molar-refractivity contribution in [2.45, 2.75) is 0 Å². The average molecular weight is 347 g/mol. The summed E-state index contributed by atoms with van der Waals surface area (Å²) < 4.78 is 0. The molecule has 0 aliphatic rings. The first kappa shape index (κ1) is 16.3. The number of nitriles is 1. The van der Waals surface area contributed by atoms with E-state index in [0.717, 1.165) is 22.0 Å². The van der Waals surface area contributed by atoms with Crippen LogP contribution in [0.5, 0.6) is 0 Å². The van der Waals surface area contributed by atoms with Gasteiger partial charge in [-0.25, -0.2) is 4.98 Å². The number of nitrogens with two attached hydrogens (primary N) is 1. The molecule has 25 heavy (non-hydrogen) atoms. The number of amidine groups is 1. The predicted molar refractivity (Wildman–Crippen MR) is 99.4 cm³/mol. The van der Waals surface area contributed by atoms with Crippen LogP contribution in [0.15, 0.2) is 59.1 Å². The number of thiazole rings is 1. The summed E-state index contributed by atoms with van der Waals surface area (Å²) in [6.07, 6.45) is 1.73. The molecule has 3 aromatic rings. The van der Waals surface area contributed by atoms with Crippen molar-refractivity contribution in [2.24, 2.45) is 10.8 Å². The molecule has 0 fully saturated rings. The molecule has 0 spiro atoms. The zero-order valence-electron chi connectivity index (χ0n) is 13.0. The summed E-state index contributed by atoms with van der Waals surface area (Å²) in [6, 6.07) is 14.9. The third kappa shape index (κ3) is 3.85. The van der Waals surface area contributed by atoms with E-state index in [4.69, 9.17) is 16.4 Å². The average Bonchev–Trinajstić information content (AvgIpc) is 3.13. The van der Waals surface area contributed by atoms with Crippen molar-refractivity contribution in [3.8, 4) is 28.0 Å². The van der Waals surface area contributed by atoms with E-state index >= 15 is 0 Å². The maximum absolute atomic E-state index is 8.86. The van der Waals surface area contributed by atoms with Crippen molar-refractivity contribution in [3.05, 3.63) is 54.0 Å². The molecule has 8 heteroatoms. The van der Waals surface area contributed by atoms with Crippen molar-refractivity contribution in [1.29, 1.82) is 10.7 Å². The van der Waals surface area contributed by atoms with Crippen molar-refractivity contribution < 1.29 is 0 Å². The summed E-state index contributed by atoms with van der Waals surface area (Å²) in [4.78, 5) is 8.92. The highest BCUT2D eigenvalue weighted by molar-refractivity contribution is 7.13. The molecule has 0 bridgehead atoms. The number of nitrogens with one attached hydrogen (secondary N) is 2. The van der Waals surface area contributed by atoms with Crippen LogP contribution in [0, 0.1) is 16.7 Å². The highest BCUT2D eigenvalue weighted by atomic mass is 32.1. The summed E-state index contributed by atoms with van der Waals surface area (Å²) in [5.41, 5.74) is 11.1. The molecule has 2 aromatic heterocycles. The Morgan fingerprint density at radius 1 is 1.24 bits per heavy atom. The fourth-order valence-corrected chi connectivity index (χ4v) is 2.84. The molecule has 7 nitrogen and oxygen atoms in total. The highest BCUT2D eigenvalue weighted by Crippen LogP contribution is 2.29. The Labute approximate surface area is 148 Å². The fourth-order valence-electron chi connectivity index (χ4n) is 2.03. The smallest absolute Gasteiger partial charge is 0.201 e. The molecule has 2 heterocycles. The van der Waals surface area contributed by atoms with E-state index in [9.17, 15) is 0 Å². The zero-order valence-corrected chi connectivity index (χ0v) is 13.8. The van der Waals surface area contributed by atoms with Gasteiger partial charge in [0.05, 0.1) is 11.4 Å². The van der Waals surface area contributed by atoms with E-state index < -0.39 is 0 Å². The van der Waals surface area contributed by atoms with Crippen LogP contribution in [0.1, 0.15) is 0 Å². The van der Waals surface area contributed by atoms with E-state index in [-0.39, 0.29) is 11.5 Å². The standard InChI is InChI=1S/C17H13N7S/c18-9-14(16(19)20)24-23-12-5-3-4-11(8-12)17-22-15(10-25-17)13-6-1-2-7-21-13/h1-8,10,23H,(H3,19,20)/b24-14+. The van der Waals surface area contributed by atoms with Crippen LogP contribution >= 0.6 is 11.3 Å². The number of rotatable bonds is 5. The largest absolute Gasteiger partial charge is 0.382 e. The maximum Gasteiger partial charge on any atom is 0.201 e. The summed E-state index contributed by atoms with van der Waals surface area (Å²) >= 11 is 1.52. The number of hydrogen-bond acceptors (Lipinski definition) is 7. The highest BCUT2D eigenvalue weighted by Gasteiger charge is 2.08. The summed E-state index contributed by atoms with van der Waals surface area (Å²) in [5, 5.41) is 22.7. The minimum absolute atomic E-state index is 0.169. The molecular formula is C17H13N7S. The molecule has 0 radical (unpaired) electrons. The summed E-state index contributed by atoms with van der Waals surface area (Å²) in [7, 11) is 0. The zero-order chi connectivity index (χ0) is 17.6. The van der Waals surface area contributed by atoms with Crippen molar-refractivity contribution in [3.63, 3.8) is 0 Å². The Kier molecular flexibility index (Phi) is 4.78. The van der Waals surface area contributed by atoms with Gasteiger partial charge in [0.15, 0.2) is 5.84 Å². The molecule has 3 rings (SSSR count). The van der Waals surface area contributed by atoms with E-state index in [1.807, 2.05) is 41.8 Å². The molecule has 0 saturated carbocycles. The molecule has 0 saturated heterocycles.